The number of anilines is 1. The van der Waals surface area contributed by atoms with Crippen molar-refractivity contribution in [1.29, 1.82) is 5.26 Å². The third kappa shape index (κ3) is 1.06. The fourth-order valence-corrected chi connectivity index (χ4v) is 0.863. The van der Waals surface area contributed by atoms with Crippen LogP contribution in [0, 0.1) is 11.3 Å². The van der Waals surface area contributed by atoms with Gasteiger partial charge in [-0.2, -0.15) is 5.26 Å². The van der Waals surface area contributed by atoms with Gasteiger partial charge in [0.25, 0.3) is 0 Å². The van der Waals surface area contributed by atoms with E-state index in [1.807, 2.05) is 6.07 Å². The number of halogens is 1. The van der Waals surface area contributed by atoms with E-state index in [0.717, 1.165) is 0 Å². The summed E-state index contributed by atoms with van der Waals surface area (Å²) in [6.45, 7) is 0. The van der Waals surface area contributed by atoms with E-state index in [1.165, 1.54) is 6.33 Å². The molecule has 1 rings (SSSR count). The van der Waals surface area contributed by atoms with Crippen LogP contribution in [-0.2, 0) is 0 Å². The minimum Gasteiger partial charge on any atom is -0.382 e. The van der Waals surface area contributed by atoms with Crippen LogP contribution in [-0.4, -0.2) is 9.97 Å². The van der Waals surface area contributed by atoms with E-state index in [0.29, 0.717) is 4.60 Å². The maximum atomic E-state index is 8.46. The van der Waals surface area contributed by atoms with Crippen LogP contribution in [0.3, 0.4) is 0 Å². The molecule has 0 aliphatic heterocycles. The molecule has 0 aromatic carbocycles. The van der Waals surface area contributed by atoms with Gasteiger partial charge < -0.3 is 5.73 Å². The summed E-state index contributed by atoms with van der Waals surface area (Å²) in [6.07, 6.45) is 1.29. The zero-order valence-electron chi connectivity index (χ0n) is 4.87. The van der Waals surface area contributed by atoms with E-state index in [1.54, 1.807) is 0 Å². The molecular formula is C5H3BrN4. The van der Waals surface area contributed by atoms with Gasteiger partial charge in [0.1, 0.15) is 28.4 Å². The summed E-state index contributed by atoms with van der Waals surface area (Å²) in [7, 11) is 0. The highest BCUT2D eigenvalue weighted by molar-refractivity contribution is 9.10. The average molecular weight is 199 g/mol. The van der Waals surface area contributed by atoms with Gasteiger partial charge in [0, 0.05) is 0 Å². The molecule has 1 heterocycles. The summed E-state index contributed by atoms with van der Waals surface area (Å²) in [5.74, 6) is 0.198. The Bertz CT molecular complexity index is 270. The molecule has 0 unspecified atom stereocenters. The van der Waals surface area contributed by atoms with Gasteiger partial charge in [0.05, 0.1) is 0 Å². The van der Waals surface area contributed by atoms with Crippen molar-refractivity contribution in [1.82, 2.24) is 9.97 Å². The molecular weight excluding hydrogens is 196 g/mol. The van der Waals surface area contributed by atoms with E-state index in [2.05, 4.69) is 25.9 Å². The third-order valence-electron chi connectivity index (χ3n) is 0.942. The second-order valence-electron chi connectivity index (χ2n) is 1.54. The fourth-order valence-electron chi connectivity index (χ4n) is 0.480. The maximum Gasteiger partial charge on any atom is 0.145 e. The molecule has 0 aliphatic rings. The van der Waals surface area contributed by atoms with Gasteiger partial charge in [-0.15, -0.1) is 0 Å². The second kappa shape index (κ2) is 2.62. The van der Waals surface area contributed by atoms with Crippen molar-refractivity contribution in [3.63, 3.8) is 0 Å². The smallest absolute Gasteiger partial charge is 0.145 e. The molecule has 0 spiro atoms. The van der Waals surface area contributed by atoms with E-state index in [9.17, 15) is 0 Å². The van der Waals surface area contributed by atoms with Crippen molar-refractivity contribution >= 4 is 21.7 Å². The Labute approximate surface area is 65.8 Å². The molecule has 0 amide bonds. The maximum absolute atomic E-state index is 8.46. The fraction of sp³-hybridized carbons (Fsp3) is 0. The summed E-state index contributed by atoms with van der Waals surface area (Å²) < 4.78 is 0.433. The second-order valence-corrected chi connectivity index (χ2v) is 2.29. The quantitative estimate of drug-likeness (QED) is 0.623. The molecule has 0 radical (unpaired) electrons. The van der Waals surface area contributed by atoms with Crippen LogP contribution >= 0.6 is 15.9 Å². The van der Waals surface area contributed by atoms with Crippen molar-refractivity contribution in [3.8, 4) is 6.07 Å². The lowest BCUT2D eigenvalue weighted by molar-refractivity contribution is 1.13. The van der Waals surface area contributed by atoms with E-state index < -0.39 is 0 Å². The minimum absolute atomic E-state index is 0.198. The zero-order valence-corrected chi connectivity index (χ0v) is 6.46. The average Bonchev–Trinajstić information content (AvgIpc) is 1.88. The van der Waals surface area contributed by atoms with E-state index >= 15 is 0 Å². The SMILES string of the molecule is N#Cc1c(N)ncnc1Br. The van der Waals surface area contributed by atoms with Gasteiger partial charge in [-0.3, -0.25) is 0 Å². The number of nitrogens with zero attached hydrogens (tertiary/aromatic N) is 3. The molecule has 0 aliphatic carbocycles. The molecule has 0 bridgehead atoms. The van der Waals surface area contributed by atoms with Crippen molar-refractivity contribution in [2.75, 3.05) is 5.73 Å². The highest BCUT2D eigenvalue weighted by atomic mass is 79.9. The molecule has 1 aromatic heterocycles. The predicted octanol–water partition coefficient (Wildman–Crippen LogP) is 0.693. The standard InChI is InChI=1S/C5H3BrN4/c6-4-3(1-7)5(8)10-2-9-4/h2H,(H2,8,9,10). The first kappa shape index (κ1) is 6.96. The van der Waals surface area contributed by atoms with E-state index in [-0.39, 0.29) is 11.4 Å². The van der Waals surface area contributed by atoms with Crippen molar-refractivity contribution in [2.45, 2.75) is 0 Å². The van der Waals surface area contributed by atoms with Crippen LogP contribution in [0.25, 0.3) is 0 Å². The summed E-state index contributed by atoms with van der Waals surface area (Å²) >= 11 is 3.05. The number of nitriles is 1. The first-order chi connectivity index (χ1) is 4.75. The van der Waals surface area contributed by atoms with Gasteiger partial charge in [-0.1, -0.05) is 0 Å². The lowest BCUT2D eigenvalue weighted by Crippen LogP contribution is -1.96. The zero-order chi connectivity index (χ0) is 7.56. The van der Waals surface area contributed by atoms with Crippen molar-refractivity contribution < 1.29 is 0 Å². The lowest BCUT2D eigenvalue weighted by Gasteiger charge is -1.94. The molecule has 5 heteroatoms. The van der Waals surface area contributed by atoms with Crippen LogP contribution in [0.4, 0.5) is 5.82 Å². The Hall–Kier alpha value is -1.15. The Kier molecular flexibility index (Phi) is 1.83. The number of nitrogen functional groups attached to an aromatic ring is 1. The molecule has 50 valence electrons. The van der Waals surface area contributed by atoms with Crippen LogP contribution in [0.2, 0.25) is 0 Å². The third-order valence-corrected chi connectivity index (χ3v) is 1.54. The normalized spacial score (nSPS) is 8.80. The molecule has 0 atom stereocenters. The Balaban J connectivity index is 3.34. The molecule has 0 saturated carbocycles. The molecule has 0 fully saturated rings. The number of hydrogen-bond donors (Lipinski definition) is 1. The summed E-state index contributed by atoms with van der Waals surface area (Å²) in [5.41, 5.74) is 5.61. The van der Waals surface area contributed by atoms with Crippen LogP contribution < -0.4 is 5.73 Å². The molecule has 4 nitrogen and oxygen atoms in total. The van der Waals surface area contributed by atoms with Crippen molar-refractivity contribution in [3.05, 3.63) is 16.5 Å². The molecule has 1 aromatic rings. The molecule has 2 N–H and O–H groups in total. The Morgan fingerprint density at radius 2 is 2.30 bits per heavy atom. The van der Waals surface area contributed by atoms with Gasteiger partial charge in [-0.05, 0) is 15.9 Å². The van der Waals surface area contributed by atoms with Gasteiger partial charge in [0.15, 0.2) is 0 Å². The molecule has 0 saturated heterocycles. The van der Waals surface area contributed by atoms with Crippen LogP contribution in [0.1, 0.15) is 5.56 Å². The number of nitrogens with two attached hydrogens (primary N) is 1. The highest BCUT2D eigenvalue weighted by Crippen LogP contribution is 2.15. The van der Waals surface area contributed by atoms with Gasteiger partial charge in [0.2, 0.25) is 0 Å². The molecule has 10 heavy (non-hydrogen) atoms. The van der Waals surface area contributed by atoms with Gasteiger partial charge in [-0.25, -0.2) is 9.97 Å². The first-order valence-corrected chi connectivity index (χ1v) is 3.21. The van der Waals surface area contributed by atoms with Crippen LogP contribution in [0.5, 0.6) is 0 Å². The summed E-state index contributed by atoms with van der Waals surface area (Å²) in [5, 5.41) is 8.46. The van der Waals surface area contributed by atoms with Gasteiger partial charge >= 0.3 is 0 Å². The minimum atomic E-state index is 0.198. The van der Waals surface area contributed by atoms with Crippen LogP contribution in [0.15, 0.2) is 10.9 Å². The predicted molar refractivity (Wildman–Crippen MR) is 38.9 cm³/mol. The summed E-state index contributed by atoms with van der Waals surface area (Å²) in [4.78, 5) is 7.34. The first-order valence-electron chi connectivity index (χ1n) is 2.41. The number of rotatable bonds is 0. The summed E-state index contributed by atoms with van der Waals surface area (Å²) in [6, 6.07) is 1.87. The van der Waals surface area contributed by atoms with E-state index in [4.69, 9.17) is 11.0 Å². The highest BCUT2D eigenvalue weighted by Gasteiger charge is 2.03. The number of aromatic nitrogens is 2. The monoisotopic (exact) mass is 198 g/mol. The topological polar surface area (TPSA) is 75.6 Å². The van der Waals surface area contributed by atoms with Crippen molar-refractivity contribution in [2.24, 2.45) is 0 Å². The lowest BCUT2D eigenvalue weighted by atomic mass is 10.3. The Morgan fingerprint density at radius 3 is 2.70 bits per heavy atom. The number of hydrogen-bond acceptors (Lipinski definition) is 4. The largest absolute Gasteiger partial charge is 0.382 e. The Morgan fingerprint density at radius 1 is 1.60 bits per heavy atom.